The zero-order chi connectivity index (χ0) is 6.69. The van der Waals surface area contributed by atoms with Crippen molar-refractivity contribution in [2.24, 2.45) is 0 Å². The maximum absolute atomic E-state index is 4.07. The second-order valence-electron chi connectivity index (χ2n) is 2.10. The highest BCUT2D eigenvalue weighted by Crippen LogP contribution is 2.13. The van der Waals surface area contributed by atoms with Crippen molar-refractivity contribution in [1.82, 2.24) is 9.97 Å². The Morgan fingerprint density at radius 1 is 1.89 bits per heavy atom. The lowest BCUT2D eigenvalue weighted by atomic mass is 10.1. The smallest absolute Gasteiger partial charge is 0.0923 e. The molecule has 0 aliphatic carbocycles. The molecule has 0 aliphatic rings. The van der Waals surface area contributed by atoms with E-state index in [1.165, 1.54) is 0 Å². The highest BCUT2D eigenvalue weighted by atomic mass is 14.9. The summed E-state index contributed by atoms with van der Waals surface area (Å²) in [6.45, 7) is 6.02. The van der Waals surface area contributed by atoms with Gasteiger partial charge in [-0.2, -0.15) is 0 Å². The van der Waals surface area contributed by atoms with Crippen molar-refractivity contribution in [3.05, 3.63) is 25.1 Å². The fraction of sp³-hybridized carbons (Fsp3) is 0.429. The summed E-state index contributed by atoms with van der Waals surface area (Å²) in [5.41, 5.74) is 1.05. The van der Waals surface area contributed by atoms with Crippen molar-refractivity contribution in [2.45, 2.75) is 19.3 Å². The van der Waals surface area contributed by atoms with Gasteiger partial charge in [-0.3, -0.25) is 0 Å². The molecule has 1 N–H and O–H groups in total. The number of H-pyrrole nitrogens is 1. The first-order valence-corrected chi connectivity index (χ1v) is 3.16. The van der Waals surface area contributed by atoms with Gasteiger partial charge in [0.05, 0.1) is 12.0 Å². The van der Waals surface area contributed by atoms with E-state index in [9.17, 15) is 0 Å². The van der Waals surface area contributed by atoms with Gasteiger partial charge in [-0.05, 0) is 13.3 Å². The highest BCUT2D eigenvalue weighted by Gasteiger charge is 2.02. The minimum atomic E-state index is 0.344. The van der Waals surface area contributed by atoms with Gasteiger partial charge in [0.2, 0.25) is 0 Å². The Morgan fingerprint density at radius 2 is 2.67 bits per heavy atom. The van der Waals surface area contributed by atoms with Crippen LogP contribution in [0.3, 0.4) is 0 Å². The third-order valence-electron chi connectivity index (χ3n) is 1.43. The molecule has 2 nitrogen and oxygen atoms in total. The van der Waals surface area contributed by atoms with Crippen LogP contribution in [-0.4, -0.2) is 9.97 Å². The molecule has 0 saturated heterocycles. The molecular weight excluding hydrogens is 112 g/mol. The van der Waals surface area contributed by atoms with E-state index in [1.54, 1.807) is 6.33 Å². The maximum Gasteiger partial charge on any atom is 0.0923 e. The minimum Gasteiger partial charge on any atom is -0.351 e. The Hall–Kier alpha value is -0.790. The first-order valence-electron chi connectivity index (χ1n) is 3.16. The summed E-state index contributed by atoms with van der Waals surface area (Å²) in [6, 6.07) is 0. The molecule has 1 aromatic heterocycles. The Morgan fingerprint density at radius 3 is 3.11 bits per heavy atom. The molecule has 1 unspecified atom stereocenters. The third kappa shape index (κ3) is 1.31. The summed E-state index contributed by atoms with van der Waals surface area (Å²) in [7, 11) is 0. The number of imidazole rings is 1. The molecule has 0 aliphatic heterocycles. The lowest BCUT2D eigenvalue weighted by molar-refractivity contribution is 0.778. The summed E-state index contributed by atoms with van der Waals surface area (Å²) >= 11 is 0. The first kappa shape index (κ1) is 6.33. The largest absolute Gasteiger partial charge is 0.351 e. The standard InChI is InChI=1S/C7H11N2/c1-3-6(2)7-4-8-5-9-7/h4-6H,2-3H2,1H3,(H,8,9). The van der Waals surface area contributed by atoms with E-state index in [1.807, 2.05) is 6.20 Å². The first-order chi connectivity index (χ1) is 4.34. The van der Waals surface area contributed by atoms with Crippen LogP contribution in [-0.2, 0) is 0 Å². The second-order valence-corrected chi connectivity index (χ2v) is 2.10. The average Bonchev–Trinajstić information content (AvgIpc) is 2.37. The number of hydrogen-bond donors (Lipinski definition) is 1. The zero-order valence-electron chi connectivity index (χ0n) is 5.59. The predicted molar refractivity (Wildman–Crippen MR) is 37.0 cm³/mol. The van der Waals surface area contributed by atoms with Crippen LogP contribution in [0, 0.1) is 6.92 Å². The number of hydrogen-bond acceptors (Lipinski definition) is 1. The zero-order valence-corrected chi connectivity index (χ0v) is 5.59. The quantitative estimate of drug-likeness (QED) is 0.637. The molecule has 2 heteroatoms. The van der Waals surface area contributed by atoms with Crippen LogP contribution in [0.5, 0.6) is 0 Å². The molecule has 1 heterocycles. The maximum atomic E-state index is 4.07. The van der Waals surface area contributed by atoms with Gasteiger partial charge in [0.15, 0.2) is 0 Å². The molecule has 0 spiro atoms. The van der Waals surface area contributed by atoms with E-state index in [0.717, 1.165) is 12.1 Å². The van der Waals surface area contributed by atoms with Gasteiger partial charge < -0.3 is 4.98 Å². The van der Waals surface area contributed by atoms with Gasteiger partial charge in [-0.15, -0.1) is 0 Å². The second kappa shape index (κ2) is 2.67. The molecule has 0 amide bonds. The van der Waals surface area contributed by atoms with Gasteiger partial charge >= 0.3 is 0 Å². The van der Waals surface area contributed by atoms with Crippen LogP contribution in [0.25, 0.3) is 0 Å². The SMILES string of the molecule is [CH2]C(CC)c1c[nH]cn1. The van der Waals surface area contributed by atoms with Crippen LogP contribution in [0.1, 0.15) is 25.0 Å². The van der Waals surface area contributed by atoms with Crippen LogP contribution in [0.2, 0.25) is 0 Å². The lowest BCUT2D eigenvalue weighted by Gasteiger charge is -2.00. The van der Waals surface area contributed by atoms with Gasteiger partial charge in [-0.25, -0.2) is 4.98 Å². The molecular formula is C7H11N2. The highest BCUT2D eigenvalue weighted by molar-refractivity contribution is 5.03. The minimum absolute atomic E-state index is 0.344. The lowest BCUT2D eigenvalue weighted by Crippen LogP contribution is -1.89. The van der Waals surface area contributed by atoms with Gasteiger partial charge in [-0.1, -0.05) is 6.92 Å². The normalized spacial score (nSPS) is 13.6. The fourth-order valence-electron chi connectivity index (χ4n) is 0.704. The van der Waals surface area contributed by atoms with Crippen LogP contribution in [0.4, 0.5) is 0 Å². The summed E-state index contributed by atoms with van der Waals surface area (Å²) < 4.78 is 0. The summed E-state index contributed by atoms with van der Waals surface area (Å²) in [5.74, 6) is 0.344. The summed E-state index contributed by atoms with van der Waals surface area (Å²) in [4.78, 5) is 6.96. The van der Waals surface area contributed by atoms with E-state index < -0.39 is 0 Å². The van der Waals surface area contributed by atoms with Gasteiger partial charge in [0, 0.05) is 12.1 Å². The molecule has 0 saturated carbocycles. The van der Waals surface area contributed by atoms with Gasteiger partial charge in [0.25, 0.3) is 0 Å². The topological polar surface area (TPSA) is 28.7 Å². The number of aromatic nitrogens is 2. The van der Waals surface area contributed by atoms with E-state index in [4.69, 9.17) is 0 Å². The Labute approximate surface area is 55.3 Å². The Bertz CT molecular complexity index is 155. The molecule has 1 rings (SSSR count). The predicted octanol–water partition coefficient (Wildman–Crippen LogP) is 1.74. The molecule has 1 atom stereocenters. The Balaban J connectivity index is 2.65. The molecule has 0 bridgehead atoms. The van der Waals surface area contributed by atoms with Crippen molar-refractivity contribution < 1.29 is 0 Å². The van der Waals surface area contributed by atoms with E-state index in [2.05, 4.69) is 23.8 Å². The summed E-state index contributed by atoms with van der Waals surface area (Å²) in [6.07, 6.45) is 4.62. The van der Waals surface area contributed by atoms with Crippen molar-refractivity contribution in [1.29, 1.82) is 0 Å². The number of rotatable bonds is 2. The van der Waals surface area contributed by atoms with Crippen molar-refractivity contribution in [3.8, 4) is 0 Å². The Kier molecular flexibility index (Phi) is 1.88. The van der Waals surface area contributed by atoms with Crippen molar-refractivity contribution in [2.75, 3.05) is 0 Å². The van der Waals surface area contributed by atoms with E-state index >= 15 is 0 Å². The molecule has 0 fully saturated rings. The number of aromatic amines is 1. The average molecular weight is 123 g/mol. The third-order valence-corrected chi connectivity index (χ3v) is 1.43. The van der Waals surface area contributed by atoms with Gasteiger partial charge in [0.1, 0.15) is 0 Å². The van der Waals surface area contributed by atoms with E-state index in [0.29, 0.717) is 5.92 Å². The summed E-state index contributed by atoms with van der Waals surface area (Å²) in [5, 5.41) is 0. The van der Waals surface area contributed by atoms with Crippen molar-refractivity contribution in [3.63, 3.8) is 0 Å². The molecule has 1 aromatic rings. The molecule has 49 valence electrons. The number of nitrogens with one attached hydrogen (secondary N) is 1. The van der Waals surface area contributed by atoms with Crippen LogP contribution < -0.4 is 0 Å². The van der Waals surface area contributed by atoms with E-state index in [-0.39, 0.29) is 0 Å². The molecule has 0 aromatic carbocycles. The monoisotopic (exact) mass is 123 g/mol. The van der Waals surface area contributed by atoms with Crippen molar-refractivity contribution >= 4 is 0 Å². The number of nitrogens with zero attached hydrogens (tertiary/aromatic N) is 1. The van der Waals surface area contributed by atoms with Crippen LogP contribution >= 0.6 is 0 Å². The van der Waals surface area contributed by atoms with Crippen LogP contribution in [0.15, 0.2) is 12.5 Å². The molecule has 9 heavy (non-hydrogen) atoms. The fourth-order valence-corrected chi connectivity index (χ4v) is 0.704. The molecule has 1 radical (unpaired) electrons.